The standard InChI is InChI=1S/C16H23NO5/c1-10(2)14(16(19)20)17-15(18)11(3)22-9-12-6-5-7-13(8-12)21-4/h5-8,10-11,14H,9H2,1-4H3,(H,17,18)(H,19,20)/t11?,14-/m0/s1. The third kappa shape index (κ3) is 5.37. The van der Waals surface area contributed by atoms with Gasteiger partial charge < -0.3 is 19.9 Å². The first kappa shape index (κ1) is 18.0. The number of carbonyl (C=O) groups excluding carboxylic acids is 1. The van der Waals surface area contributed by atoms with E-state index in [1.54, 1.807) is 27.9 Å². The van der Waals surface area contributed by atoms with E-state index in [0.29, 0.717) is 5.75 Å². The maximum absolute atomic E-state index is 12.0. The van der Waals surface area contributed by atoms with Gasteiger partial charge in [-0.05, 0) is 30.5 Å². The van der Waals surface area contributed by atoms with E-state index < -0.39 is 24.0 Å². The molecule has 0 aromatic heterocycles. The molecule has 0 radical (unpaired) electrons. The monoisotopic (exact) mass is 309 g/mol. The summed E-state index contributed by atoms with van der Waals surface area (Å²) in [5.41, 5.74) is 0.873. The molecular formula is C16H23NO5. The van der Waals surface area contributed by atoms with Crippen molar-refractivity contribution in [2.75, 3.05) is 7.11 Å². The lowest BCUT2D eigenvalue weighted by Crippen LogP contribution is -2.48. The molecule has 2 N–H and O–H groups in total. The topological polar surface area (TPSA) is 84.9 Å². The van der Waals surface area contributed by atoms with Crippen molar-refractivity contribution in [3.05, 3.63) is 29.8 Å². The predicted octanol–water partition coefficient (Wildman–Crippen LogP) is 1.83. The van der Waals surface area contributed by atoms with Crippen molar-refractivity contribution >= 4 is 11.9 Å². The number of rotatable bonds is 8. The number of methoxy groups -OCH3 is 1. The Kier molecular flexibility index (Phi) is 6.85. The number of carbonyl (C=O) groups is 2. The molecule has 1 aromatic carbocycles. The molecule has 1 rings (SSSR count). The van der Waals surface area contributed by atoms with Gasteiger partial charge in [0.25, 0.3) is 0 Å². The zero-order chi connectivity index (χ0) is 16.7. The van der Waals surface area contributed by atoms with Crippen LogP contribution in [0.5, 0.6) is 5.75 Å². The average Bonchev–Trinajstić information content (AvgIpc) is 2.49. The smallest absolute Gasteiger partial charge is 0.326 e. The fraction of sp³-hybridized carbons (Fsp3) is 0.500. The Morgan fingerprint density at radius 3 is 2.50 bits per heavy atom. The van der Waals surface area contributed by atoms with Crippen LogP contribution in [0.25, 0.3) is 0 Å². The molecular weight excluding hydrogens is 286 g/mol. The molecule has 0 aliphatic carbocycles. The summed E-state index contributed by atoms with van der Waals surface area (Å²) in [6, 6.07) is 6.41. The Balaban J connectivity index is 2.55. The largest absolute Gasteiger partial charge is 0.497 e. The van der Waals surface area contributed by atoms with Gasteiger partial charge in [0, 0.05) is 0 Å². The Bertz CT molecular complexity index is 515. The second-order valence-electron chi connectivity index (χ2n) is 5.37. The highest BCUT2D eigenvalue weighted by atomic mass is 16.5. The fourth-order valence-corrected chi connectivity index (χ4v) is 1.84. The van der Waals surface area contributed by atoms with Crippen molar-refractivity contribution in [1.82, 2.24) is 5.32 Å². The van der Waals surface area contributed by atoms with Crippen molar-refractivity contribution in [2.24, 2.45) is 5.92 Å². The third-order valence-electron chi connectivity index (χ3n) is 3.23. The highest BCUT2D eigenvalue weighted by molar-refractivity contribution is 5.86. The van der Waals surface area contributed by atoms with Gasteiger partial charge in [0.1, 0.15) is 17.9 Å². The minimum Gasteiger partial charge on any atom is -0.497 e. The van der Waals surface area contributed by atoms with Crippen molar-refractivity contribution < 1.29 is 24.2 Å². The quantitative estimate of drug-likeness (QED) is 0.765. The molecule has 122 valence electrons. The second kappa shape index (κ2) is 8.38. The number of aliphatic carboxylic acids is 1. The molecule has 1 amide bonds. The van der Waals surface area contributed by atoms with E-state index in [-0.39, 0.29) is 12.5 Å². The fourth-order valence-electron chi connectivity index (χ4n) is 1.84. The Labute approximate surface area is 130 Å². The van der Waals surface area contributed by atoms with Crippen LogP contribution in [0.4, 0.5) is 0 Å². The minimum absolute atomic E-state index is 0.202. The summed E-state index contributed by atoms with van der Waals surface area (Å²) in [7, 11) is 1.58. The molecule has 0 saturated carbocycles. The molecule has 0 fully saturated rings. The molecule has 0 aliphatic rings. The van der Waals surface area contributed by atoms with E-state index in [2.05, 4.69) is 5.32 Å². The predicted molar refractivity (Wildman–Crippen MR) is 81.6 cm³/mol. The zero-order valence-electron chi connectivity index (χ0n) is 13.3. The van der Waals surface area contributed by atoms with Crippen LogP contribution in [0, 0.1) is 5.92 Å². The Morgan fingerprint density at radius 1 is 1.27 bits per heavy atom. The van der Waals surface area contributed by atoms with E-state index >= 15 is 0 Å². The lowest BCUT2D eigenvalue weighted by Gasteiger charge is -2.20. The normalized spacial score (nSPS) is 13.5. The number of benzene rings is 1. The second-order valence-corrected chi connectivity index (χ2v) is 5.37. The highest BCUT2D eigenvalue weighted by Gasteiger charge is 2.25. The van der Waals surface area contributed by atoms with Crippen LogP contribution in [0.2, 0.25) is 0 Å². The SMILES string of the molecule is COc1cccc(COC(C)C(=O)N[C@H](C(=O)O)C(C)C)c1. The van der Waals surface area contributed by atoms with Gasteiger partial charge in [-0.2, -0.15) is 0 Å². The van der Waals surface area contributed by atoms with Crippen LogP contribution in [-0.2, 0) is 20.9 Å². The van der Waals surface area contributed by atoms with Crippen LogP contribution >= 0.6 is 0 Å². The van der Waals surface area contributed by atoms with Crippen LogP contribution in [-0.4, -0.2) is 36.2 Å². The van der Waals surface area contributed by atoms with E-state index in [4.69, 9.17) is 14.6 Å². The van der Waals surface area contributed by atoms with Gasteiger partial charge in [0.15, 0.2) is 0 Å². The van der Waals surface area contributed by atoms with E-state index in [9.17, 15) is 9.59 Å². The van der Waals surface area contributed by atoms with Crippen LogP contribution in [0.3, 0.4) is 0 Å². The molecule has 0 saturated heterocycles. The van der Waals surface area contributed by atoms with Gasteiger partial charge in [-0.25, -0.2) is 4.79 Å². The summed E-state index contributed by atoms with van der Waals surface area (Å²) < 4.78 is 10.6. The molecule has 1 aromatic rings. The van der Waals surface area contributed by atoms with Crippen molar-refractivity contribution in [1.29, 1.82) is 0 Å². The highest BCUT2D eigenvalue weighted by Crippen LogP contribution is 2.14. The van der Waals surface area contributed by atoms with Gasteiger partial charge in [0.05, 0.1) is 13.7 Å². The maximum Gasteiger partial charge on any atom is 0.326 e. The van der Waals surface area contributed by atoms with Crippen LogP contribution < -0.4 is 10.1 Å². The summed E-state index contributed by atoms with van der Waals surface area (Å²) in [5, 5.41) is 11.6. The number of ether oxygens (including phenoxy) is 2. The van der Waals surface area contributed by atoms with E-state index in [0.717, 1.165) is 5.56 Å². The molecule has 0 heterocycles. The van der Waals surface area contributed by atoms with Gasteiger partial charge in [-0.15, -0.1) is 0 Å². The first-order valence-corrected chi connectivity index (χ1v) is 7.12. The van der Waals surface area contributed by atoms with E-state index in [1.165, 1.54) is 0 Å². The van der Waals surface area contributed by atoms with Crippen LogP contribution in [0.15, 0.2) is 24.3 Å². The first-order valence-electron chi connectivity index (χ1n) is 7.12. The molecule has 0 bridgehead atoms. The van der Waals surface area contributed by atoms with Gasteiger partial charge >= 0.3 is 5.97 Å². The molecule has 6 nitrogen and oxygen atoms in total. The van der Waals surface area contributed by atoms with E-state index in [1.807, 2.05) is 24.3 Å². The average molecular weight is 309 g/mol. The first-order chi connectivity index (χ1) is 10.3. The number of carboxylic acid groups (broad SMARTS) is 1. The lowest BCUT2D eigenvalue weighted by atomic mass is 10.0. The maximum atomic E-state index is 12.0. The minimum atomic E-state index is -1.05. The molecule has 22 heavy (non-hydrogen) atoms. The summed E-state index contributed by atoms with van der Waals surface area (Å²) in [6.45, 7) is 5.31. The number of amides is 1. The summed E-state index contributed by atoms with van der Waals surface area (Å²) in [4.78, 5) is 23.1. The number of hydrogen-bond acceptors (Lipinski definition) is 4. The van der Waals surface area contributed by atoms with Crippen molar-refractivity contribution in [2.45, 2.75) is 39.5 Å². The Morgan fingerprint density at radius 2 is 1.95 bits per heavy atom. The summed E-state index contributed by atoms with van der Waals surface area (Å²) >= 11 is 0. The summed E-state index contributed by atoms with van der Waals surface area (Å²) in [6.07, 6.45) is -0.744. The number of carboxylic acids is 1. The third-order valence-corrected chi connectivity index (χ3v) is 3.23. The molecule has 2 atom stereocenters. The van der Waals surface area contributed by atoms with Gasteiger partial charge in [-0.3, -0.25) is 4.79 Å². The molecule has 1 unspecified atom stereocenters. The molecule has 0 spiro atoms. The van der Waals surface area contributed by atoms with Crippen molar-refractivity contribution in [3.8, 4) is 5.75 Å². The molecule has 0 aliphatic heterocycles. The van der Waals surface area contributed by atoms with Crippen LogP contribution in [0.1, 0.15) is 26.3 Å². The van der Waals surface area contributed by atoms with Gasteiger partial charge in [0.2, 0.25) is 5.91 Å². The number of hydrogen-bond donors (Lipinski definition) is 2. The Hall–Kier alpha value is -2.08. The molecule has 6 heteroatoms. The summed E-state index contributed by atoms with van der Waals surface area (Å²) in [5.74, 6) is -0.983. The van der Waals surface area contributed by atoms with Gasteiger partial charge in [-0.1, -0.05) is 26.0 Å². The number of nitrogens with one attached hydrogen (secondary N) is 1. The lowest BCUT2D eigenvalue weighted by molar-refractivity contribution is -0.145. The van der Waals surface area contributed by atoms with Crippen molar-refractivity contribution in [3.63, 3.8) is 0 Å². The zero-order valence-corrected chi connectivity index (χ0v) is 13.3.